The second-order valence-electron chi connectivity index (χ2n) is 7.47. The molecule has 6 heteroatoms. The second-order valence-corrected chi connectivity index (χ2v) is 7.47. The lowest BCUT2D eigenvalue weighted by molar-refractivity contribution is -0.121. The van der Waals surface area contributed by atoms with E-state index in [0.717, 1.165) is 22.4 Å². The molecule has 2 amide bonds. The number of nitrogens with zero attached hydrogens (tertiary/aromatic N) is 1. The molecule has 4 rings (SSSR count). The van der Waals surface area contributed by atoms with Gasteiger partial charge in [0, 0.05) is 12.1 Å². The summed E-state index contributed by atoms with van der Waals surface area (Å²) < 4.78 is 10.8. The number of amides is 2. The molecule has 3 aromatic rings. The molecule has 1 aliphatic heterocycles. The Morgan fingerprint density at radius 3 is 2.65 bits per heavy atom. The smallest absolute Gasteiger partial charge is 0.265 e. The average Bonchev–Trinajstić information content (AvgIpc) is 2.80. The third-order valence-electron chi connectivity index (χ3n) is 5.21. The molecule has 0 unspecified atom stereocenters. The summed E-state index contributed by atoms with van der Waals surface area (Å²) in [5.41, 5.74) is 4.18. The molecular formula is C25H24N2O4. The molecule has 0 saturated heterocycles. The third kappa shape index (κ3) is 4.69. The third-order valence-corrected chi connectivity index (χ3v) is 5.21. The Balaban J connectivity index is 1.52. The number of methoxy groups -OCH3 is 1. The summed E-state index contributed by atoms with van der Waals surface area (Å²) in [5, 5.41) is 2.92. The van der Waals surface area contributed by atoms with Crippen molar-refractivity contribution in [3.63, 3.8) is 0 Å². The summed E-state index contributed by atoms with van der Waals surface area (Å²) in [6.07, 6.45) is 0. The maximum Gasteiger partial charge on any atom is 0.265 e. The van der Waals surface area contributed by atoms with Gasteiger partial charge < -0.3 is 19.7 Å². The summed E-state index contributed by atoms with van der Waals surface area (Å²) in [5.74, 6) is 0.972. The van der Waals surface area contributed by atoms with Gasteiger partial charge in [0.05, 0.1) is 19.3 Å². The molecule has 0 spiro atoms. The van der Waals surface area contributed by atoms with Gasteiger partial charge in [0.1, 0.15) is 11.5 Å². The highest BCUT2D eigenvalue weighted by Gasteiger charge is 2.26. The molecule has 31 heavy (non-hydrogen) atoms. The van der Waals surface area contributed by atoms with Crippen LogP contribution in [0.5, 0.6) is 11.5 Å². The number of carbonyl (C=O) groups is 2. The van der Waals surface area contributed by atoms with Gasteiger partial charge in [0.25, 0.3) is 11.8 Å². The number of ether oxygens (including phenoxy) is 2. The van der Waals surface area contributed by atoms with Crippen LogP contribution in [0.1, 0.15) is 27.0 Å². The van der Waals surface area contributed by atoms with Crippen molar-refractivity contribution in [1.29, 1.82) is 0 Å². The van der Waals surface area contributed by atoms with Crippen LogP contribution >= 0.6 is 0 Å². The van der Waals surface area contributed by atoms with Crippen LogP contribution < -0.4 is 19.7 Å². The van der Waals surface area contributed by atoms with Gasteiger partial charge in [-0.2, -0.15) is 0 Å². The first-order valence-electron chi connectivity index (χ1n) is 10.1. The van der Waals surface area contributed by atoms with Crippen molar-refractivity contribution >= 4 is 17.5 Å². The summed E-state index contributed by atoms with van der Waals surface area (Å²) in [7, 11) is 1.61. The fourth-order valence-electron chi connectivity index (χ4n) is 3.46. The second kappa shape index (κ2) is 8.92. The van der Waals surface area contributed by atoms with Gasteiger partial charge in [-0.05, 0) is 48.4 Å². The van der Waals surface area contributed by atoms with Crippen LogP contribution in [0.15, 0.2) is 66.7 Å². The van der Waals surface area contributed by atoms with Crippen LogP contribution in [0, 0.1) is 6.92 Å². The maximum atomic E-state index is 12.8. The summed E-state index contributed by atoms with van der Waals surface area (Å²) in [6, 6.07) is 20.7. The average molecular weight is 416 g/mol. The number of carbonyl (C=O) groups excluding carboxylic acids is 2. The summed E-state index contributed by atoms with van der Waals surface area (Å²) in [6.45, 7) is 2.80. The quantitative estimate of drug-likeness (QED) is 0.663. The fraction of sp³-hybridized carbons (Fsp3) is 0.200. The maximum absolute atomic E-state index is 12.8. The Hall–Kier alpha value is -3.80. The van der Waals surface area contributed by atoms with Gasteiger partial charge in [-0.3, -0.25) is 9.59 Å². The first kappa shape index (κ1) is 20.5. The molecule has 3 aromatic carbocycles. The largest absolute Gasteiger partial charge is 0.497 e. The molecular weight excluding hydrogens is 392 g/mol. The van der Waals surface area contributed by atoms with Crippen molar-refractivity contribution in [2.24, 2.45) is 0 Å². The zero-order valence-corrected chi connectivity index (χ0v) is 17.6. The zero-order valence-electron chi connectivity index (χ0n) is 17.6. The van der Waals surface area contributed by atoms with Crippen LogP contribution in [0.4, 0.5) is 5.69 Å². The molecule has 158 valence electrons. The standard InChI is InChI=1S/C25H24N2O4/c1-17-6-8-18(9-7-17)15-27-22-13-20(10-11-23(22)31-16-24(27)28)25(29)26-14-19-4-3-5-21(12-19)30-2/h3-13H,14-16H2,1-2H3,(H,26,29). The molecule has 1 aliphatic rings. The molecule has 1 heterocycles. The fourth-order valence-corrected chi connectivity index (χ4v) is 3.46. The SMILES string of the molecule is COc1cccc(CNC(=O)c2ccc3c(c2)N(Cc2ccc(C)cc2)C(=O)CO3)c1. The van der Waals surface area contributed by atoms with Crippen LogP contribution in [-0.4, -0.2) is 25.5 Å². The minimum Gasteiger partial charge on any atom is -0.497 e. The Kier molecular flexibility index (Phi) is 5.89. The van der Waals surface area contributed by atoms with Crippen molar-refractivity contribution in [3.05, 3.63) is 89.0 Å². The molecule has 0 aliphatic carbocycles. The lowest BCUT2D eigenvalue weighted by Crippen LogP contribution is -2.38. The number of benzene rings is 3. The van der Waals surface area contributed by atoms with E-state index < -0.39 is 0 Å². The van der Waals surface area contributed by atoms with Gasteiger partial charge >= 0.3 is 0 Å². The predicted octanol–water partition coefficient (Wildman–Crippen LogP) is 3.86. The van der Waals surface area contributed by atoms with Crippen LogP contribution in [-0.2, 0) is 17.9 Å². The van der Waals surface area contributed by atoms with Gasteiger partial charge in [0.2, 0.25) is 0 Å². The van der Waals surface area contributed by atoms with Gasteiger partial charge in [0.15, 0.2) is 6.61 Å². The van der Waals surface area contributed by atoms with E-state index in [0.29, 0.717) is 30.1 Å². The highest BCUT2D eigenvalue weighted by Crippen LogP contribution is 2.34. The molecule has 0 bridgehead atoms. The summed E-state index contributed by atoms with van der Waals surface area (Å²) >= 11 is 0. The van der Waals surface area contributed by atoms with Crippen molar-refractivity contribution < 1.29 is 19.1 Å². The molecule has 0 aromatic heterocycles. The van der Waals surface area contributed by atoms with E-state index in [4.69, 9.17) is 9.47 Å². The van der Waals surface area contributed by atoms with E-state index in [2.05, 4.69) is 5.32 Å². The first-order valence-corrected chi connectivity index (χ1v) is 10.1. The molecule has 0 atom stereocenters. The first-order chi connectivity index (χ1) is 15.0. The highest BCUT2D eigenvalue weighted by atomic mass is 16.5. The van der Waals surface area contributed by atoms with Crippen LogP contribution in [0.2, 0.25) is 0 Å². The van der Waals surface area contributed by atoms with E-state index in [1.807, 2.05) is 55.5 Å². The minimum atomic E-state index is -0.223. The molecule has 0 saturated carbocycles. The molecule has 0 radical (unpaired) electrons. The van der Waals surface area contributed by atoms with Crippen LogP contribution in [0.25, 0.3) is 0 Å². The number of anilines is 1. The van der Waals surface area contributed by atoms with Crippen molar-refractivity contribution in [2.75, 3.05) is 18.6 Å². The molecule has 6 nitrogen and oxygen atoms in total. The van der Waals surface area contributed by atoms with Gasteiger partial charge in [-0.1, -0.05) is 42.0 Å². The lowest BCUT2D eigenvalue weighted by Gasteiger charge is -2.30. The van der Waals surface area contributed by atoms with E-state index in [1.165, 1.54) is 0 Å². The van der Waals surface area contributed by atoms with E-state index in [9.17, 15) is 9.59 Å². The Morgan fingerprint density at radius 1 is 1.06 bits per heavy atom. The summed E-state index contributed by atoms with van der Waals surface area (Å²) in [4.78, 5) is 27.0. The van der Waals surface area contributed by atoms with Crippen molar-refractivity contribution in [1.82, 2.24) is 5.32 Å². The molecule has 1 N–H and O–H groups in total. The Labute approximate surface area is 181 Å². The lowest BCUT2D eigenvalue weighted by atomic mass is 10.1. The number of fused-ring (bicyclic) bond motifs is 1. The minimum absolute atomic E-state index is 0.0136. The van der Waals surface area contributed by atoms with Crippen molar-refractivity contribution in [2.45, 2.75) is 20.0 Å². The Bertz CT molecular complexity index is 1110. The topological polar surface area (TPSA) is 67.9 Å². The zero-order chi connectivity index (χ0) is 21.8. The number of rotatable bonds is 6. The van der Waals surface area contributed by atoms with Gasteiger partial charge in [-0.25, -0.2) is 0 Å². The monoisotopic (exact) mass is 416 g/mol. The van der Waals surface area contributed by atoms with Gasteiger partial charge in [-0.15, -0.1) is 0 Å². The number of hydrogen-bond acceptors (Lipinski definition) is 4. The Morgan fingerprint density at radius 2 is 1.87 bits per heavy atom. The van der Waals surface area contributed by atoms with E-state index in [-0.39, 0.29) is 18.4 Å². The highest BCUT2D eigenvalue weighted by molar-refractivity contribution is 6.01. The number of hydrogen-bond donors (Lipinski definition) is 1. The van der Waals surface area contributed by atoms with Crippen LogP contribution in [0.3, 0.4) is 0 Å². The van der Waals surface area contributed by atoms with Crippen molar-refractivity contribution in [3.8, 4) is 11.5 Å². The number of aryl methyl sites for hydroxylation is 1. The number of nitrogens with one attached hydrogen (secondary N) is 1. The molecule has 0 fully saturated rings. The normalized spacial score (nSPS) is 12.7. The van der Waals surface area contributed by atoms with E-state index >= 15 is 0 Å². The predicted molar refractivity (Wildman–Crippen MR) is 118 cm³/mol. The van der Waals surface area contributed by atoms with E-state index in [1.54, 1.807) is 30.2 Å².